The van der Waals surface area contributed by atoms with E-state index in [1.807, 2.05) is 30.3 Å². The number of carbonyl (C=O) groups excluding carboxylic acids is 1. The van der Waals surface area contributed by atoms with Gasteiger partial charge in [-0.15, -0.1) is 0 Å². The zero-order valence-electron chi connectivity index (χ0n) is 16.2. The van der Waals surface area contributed by atoms with Gasteiger partial charge in [0.05, 0.1) is 5.52 Å². The molecule has 4 rings (SSSR count). The van der Waals surface area contributed by atoms with E-state index in [4.69, 9.17) is 9.15 Å². The van der Waals surface area contributed by atoms with Crippen molar-refractivity contribution in [1.29, 1.82) is 0 Å². The molecular weight excluding hydrogens is 384 g/mol. The van der Waals surface area contributed by atoms with E-state index in [1.54, 1.807) is 36.8 Å². The molecular formula is C22H20N4O4. The molecule has 0 fully saturated rings. The Morgan fingerprint density at radius 3 is 2.77 bits per heavy atom. The third-order valence-corrected chi connectivity index (χ3v) is 4.53. The number of fused-ring (bicyclic) bond motifs is 1. The molecule has 0 spiro atoms. The second-order valence-corrected chi connectivity index (χ2v) is 6.63. The quantitative estimate of drug-likeness (QED) is 0.483. The van der Waals surface area contributed by atoms with Crippen LogP contribution in [0.4, 0.5) is 5.82 Å². The number of oxazole rings is 1. The molecule has 8 nitrogen and oxygen atoms in total. The fourth-order valence-corrected chi connectivity index (χ4v) is 3.06. The Hall–Kier alpha value is -3.94. The van der Waals surface area contributed by atoms with E-state index in [1.165, 1.54) is 4.57 Å². The van der Waals surface area contributed by atoms with Crippen LogP contribution < -0.4 is 15.8 Å². The number of anilines is 1. The maximum Gasteiger partial charge on any atom is 0.419 e. The maximum absolute atomic E-state index is 12.4. The molecule has 0 saturated heterocycles. The molecule has 0 bridgehead atoms. The van der Waals surface area contributed by atoms with Crippen molar-refractivity contribution in [3.63, 3.8) is 0 Å². The molecule has 4 aromatic rings. The van der Waals surface area contributed by atoms with Crippen LogP contribution in [-0.2, 0) is 17.9 Å². The summed E-state index contributed by atoms with van der Waals surface area (Å²) in [4.78, 5) is 32.6. The lowest BCUT2D eigenvalue weighted by molar-refractivity contribution is -0.116. The number of aryl methyl sites for hydroxylation is 1. The van der Waals surface area contributed by atoms with Gasteiger partial charge in [0.25, 0.3) is 0 Å². The van der Waals surface area contributed by atoms with Crippen LogP contribution in [0.1, 0.15) is 18.4 Å². The average molecular weight is 404 g/mol. The molecule has 0 aliphatic heterocycles. The number of amides is 1. The monoisotopic (exact) mass is 404 g/mol. The molecule has 0 radical (unpaired) electrons. The minimum absolute atomic E-state index is 0.205. The van der Waals surface area contributed by atoms with Crippen molar-refractivity contribution in [2.45, 2.75) is 26.0 Å². The third kappa shape index (κ3) is 4.54. The smallest absolute Gasteiger partial charge is 0.419 e. The first-order valence-electron chi connectivity index (χ1n) is 9.55. The minimum Gasteiger partial charge on any atom is -0.485 e. The SMILES string of the molecule is O=C(CCCn1c(=O)oc2ccccc21)Nc1ncccc1OCc1ccncc1. The maximum atomic E-state index is 12.4. The van der Waals surface area contributed by atoms with Gasteiger partial charge in [-0.05, 0) is 48.4 Å². The highest BCUT2D eigenvalue weighted by atomic mass is 16.5. The minimum atomic E-state index is -0.423. The van der Waals surface area contributed by atoms with Gasteiger partial charge in [0.15, 0.2) is 17.2 Å². The van der Waals surface area contributed by atoms with Gasteiger partial charge in [-0.1, -0.05) is 12.1 Å². The summed E-state index contributed by atoms with van der Waals surface area (Å²) in [5, 5.41) is 2.78. The highest BCUT2D eigenvalue weighted by Crippen LogP contribution is 2.22. The van der Waals surface area contributed by atoms with E-state index in [2.05, 4.69) is 15.3 Å². The highest BCUT2D eigenvalue weighted by Gasteiger charge is 2.12. The van der Waals surface area contributed by atoms with Crippen molar-refractivity contribution in [2.24, 2.45) is 0 Å². The van der Waals surface area contributed by atoms with E-state index < -0.39 is 5.76 Å². The van der Waals surface area contributed by atoms with E-state index in [-0.39, 0.29) is 12.3 Å². The van der Waals surface area contributed by atoms with Gasteiger partial charge in [-0.3, -0.25) is 14.3 Å². The predicted octanol–water partition coefficient (Wildman–Crippen LogP) is 3.38. The first-order chi connectivity index (χ1) is 14.7. The van der Waals surface area contributed by atoms with Gasteiger partial charge in [0.1, 0.15) is 6.61 Å². The number of benzene rings is 1. The average Bonchev–Trinajstić information content (AvgIpc) is 3.09. The largest absolute Gasteiger partial charge is 0.485 e. The zero-order valence-corrected chi connectivity index (χ0v) is 16.2. The van der Waals surface area contributed by atoms with E-state index in [0.29, 0.717) is 36.7 Å². The van der Waals surface area contributed by atoms with E-state index >= 15 is 0 Å². The van der Waals surface area contributed by atoms with E-state index in [0.717, 1.165) is 11.1 Å². The summed E-state index contributed by atoms with van der Waals surface area (Å²) in [6.07, 6.45) is 5.69. The predicted molar refractivity (Wildman–Crippen MR) is 111 cm³/mol. The van der Waals surface area contributed by atoms with Crippen LogP contribution >= 0.6 is 0 Å². The van der Waals surface area contributed by atoms with Crippen LogP contribution in [-0.4, -0.2) is 20.4 Å². The standard InChI is InChI=1S/C22H20N4O4/c27-20(8-4-14-26-17-5-1-2-6-18(17)30-22(26)28)25-21-19(7-3-11-24-21)29-15-16-9-12-23-13-10-16/h1-3,5-7,9-13H,4,8,14-15H2,(H,24,25,27). The summed E-state index contributed by atoms with van der Waals surface area (Å²) >= 11 is 0. The number of nitrogens with one attached hydrogen (secondary N) is 1. The lowest BCUT2D eigenvalue weighted by atomic mass is 10.2. The normalized spacial score (nSPS) is 10.8. The Labute approximate surface area is 172 Å². The van der Waals surface area contributed by atoms with Crippen LogP contribution in [0.2, 0.25) is 0 Å². The number of rotatable bonds is 8. The molecule has 0 aliphatic rings. The molecule has 1 N–H and O–H groups in total. The van der Waals surface area contributed by atoms with Crippen LogP contribution in [0.25, 0.3) is 11.1 Å². The van der Waals surface area contributed by atoms with Gasteiger partial charge in [0, 0.05) is 31.6 Å². The van der Waals surface area contributed by atoms with Crippen molar-refractivity contribution < 1.29 is 13.9 Å². The highest BCUT2D eigenvalue weighted by molar-refractivity contribution is 5.91. The lowest BCUT2D eigenvalue weighted by Crippen LogP contribution is -2.17. The Morgan fingerprint density at radius 1 is 1.07 bits per heavy atom. The summed E-state index contributed by atoms with van der Waals surface area (Å²) in [7, 11) is 0. The van der Waals surface area contributed by atoms with Crippen molar-refractivity contribution in [3.8, 4) is 5.75 Å². The molecule has 30 heavy (non-hydrogen) atoms. The molecule has 1 aromatic carbocycles. The summed E-state index contributed by atoms with van der Waals surface area (Å²) in [6.45, 7) is 0.727. The number of hydrogen-bond donors (Lipinski definition) is 1. The van der Waals surface area contributed by atoms with Gasteiger partial charge < -0.3 is 14.5 Å². The Bertz CT molecular complexity index is 1200. The van der Waals surface area contributed by atoms with Crippen LogP contribution in [0.15, 0.2) is 76.3 Å². The van der Waals surface area contributed by atoms with Crippen molar-refractivity contribution in [3.05, 3.63) is 83.2 Å². The van der Waals surface area contributed by atoms with E-state index in [9.17, 15) is 9.59 Å². The molecule has 3 aromatic heterocycles. The molecule has 1 amide bonds. The third-order valence-electron chi connectivity index (χ3n) is 4.53. The van der Waals surface area contributed by atoms with Crippen molar-refractivity contribution in [2.75, 3.05) is 5.32 Å². The number of carbonyl (C=O) groups is 1. The number of pyridine rings is 2. The molecule has 0 unspecified atom stereocenters. The molecule has 152 valence electrons. The van der Waals surface area contributed by atoms with Crippen LogP contribution in [0.3, 0.4) is 0 Å². The second kappa shape index (κ2) is 9.04. The summed E-state index contributed by atoms with van der Waals surface area (Å²) in [6, 6.07) is 14.4. The molecule has 8 heteroatoms. The Balaban J connectivity index is 1.34. The number of nitrogens with zero attached hydrogens (tertiary/aromatic N) is 3. The number of hydrogen-bond acceptors (Lipinski definition) is 6. The van der Waals surface area contributed by atoms with Crippen LogP contribution in [0, 0.1) is 0 Å². The van der Waals surface area contributed by atoms with Crippen molar-refractivity contribution >= 4 is 22.8 Å². The lowest BCUT2D eigenvalue weighted by Gasteiger charge is -2.11. The summed E-state index contributed by atoms with van der Waals surface area (Å²) in [5.74, 6) is 0.221. The fourth-order valence-electron chi connectivity index (χ4n) is 3.06. The number of aromatic nitrogens is 3. The fraction of sp³-hybridized carbons (Fsp3) is 0.182. The van der Waals surface area contributed by atoms with Gasteiger partial charge in [-0.25, -0.2) is 9.78 Å². The summed E-state index contributed by atoms with van der Waals surface area (Å²) < 4.78 is 12.5. The van der Waals surface area contributed by atoms with Crippen LogP contribution in [0.5, 0.6) is 5.75 Å². The topological polar surface area (TPSA) is 99.2 Å². The molecule has 0 aliphatic carbocycles. The first-order valence-corrected chi connectivity index (χ1v) is 9.55. The molecule has 0 saturated carbocycles. The molecule has 3 heterocycles. The first kappa shape index (κ1) is 19.4. The second-order valence-electron chi connectivity index (χ2n) is 6.63. The number of para-hydroxylation sites is 2. The van der Waals surface area contributed by atoms with Crippen molar-refractivity contribution in [1.82, 2.24) is 14.5 Å². The van der Waals surface area contributed by atoms with Gasteiger partial charge in [0.2, 0.25) is 5.91 Å². The van der Waals surface area contributed by atoms with Gasteiger partial charge in [-0.2, -0.15) is 0 Å². The Morgan fingerprint density at radius 2 is 1.90 bits per heavy atom. The zero-order chi connectivity index (χ0) is 20.8. The summed E-state index contributed by atoms with van der Waals surface area (Å²) in [5.41, 5.74) is 2.22. The van der Waals surface area contributed by atoms with Gasteiger partial charge >= 0.3 is 5.76 Å². The number of ether oxygens (including phenoxy) is 1. The Kier molecular flexibility index (Phi) is 5.84. The molecule has 0 atom stereocenters.